The van der Waals surface area contributed by atoms with Gasteiger partial charge in [-0.3, -0.25) is 0 Å². The number of benzene rings is 2. The molecule has 3 nitrogen and oxygen atoms in total. The molecule has 1 aliphatic heterocycles. The molecule has 2 aliphatic carbocycles. The molecule has 1 saturated carbocycles. The second kappa shape index (κ2) is 6.89. The molecule has 0 N–H and O–H groups in total. The Morgan fingerprint density at radius 1 is 1.10 bits per heavy atom. The predicted molar refractivity (Wildman–Crippen MR) is 120 cm³/mol. The van der Waals surface area contributed by atoms with E-state index in [2.05, 4.69) is 48.4 Å². The minimum atomic E-state index is -0.226. The second-order valence-corrected chi connectivity index (χ2v) is 9.59. The number of nitrogens with zero attached hydrogens (tertiary/aromatic N) is 2. The summed E-state index contributed by atoms with van der Waals surface area (Å²) in [6, 6.07) is 17.4. The largest absolute Gasteiger partial charge is 0.373 e. The Hall–Kier alpha value is -2.72. The van der Waals surface area contributed by atoms with Crippen molar-refractivity contribution in [1.29, 1.82) is 0 Å². The highest BCUT2D eigenvalue weighted by atomic mass is 19.1. The molecule has 2 aromatic carbocycles. The molecule has 3 atom stereocenters. The lowest BCUT2D eigenvalue weighted by atomic mass is 9.56. The van der Waals surface area contributed by atoms with E-state index in [1.54, 1.807) is 12.1 Å². The van der Waals surface area contributed by atoms with E-state index in [0.717, 1.165) is 50.1 Å². The smallest absolute Gasteiger partial charge is 0.123 e. The molecular weight excluding hydrogens is 387 g/mol. The van der Waals surface area contributed by atoms with Crippen LogP contribution in [0, 0.1) is 11.2 Å². The van der Waals surface area contributed by atoms with Crippen LogP contribution in [0.3, 0.4) is 0 Å². The molecule has 1 aromatic heterocycles. The van der Waals surface area contributed by atoms with E-state index < -0.39 is 0 Å². The number of fused-ring (bicyclic) bond motifs is 3. The van der Waals surface area contributed by atoms with Crippen LogP contribution < -0.4 is 0 Å². The van der Waals surface area contributed by atoms with E-state index in [0.29, 0.717) is 5.92 Å². The first-order valence-electron chi connectivity index (χ1n) is 11.3. The van der Waals surface area contributed by atoms with Gasteiger partial charge in [-0.05, 0) is 73.6 Å². The highest BCUT2D eigenvalue weighted by Crippen LogP contribution is 2.60. The van der Waals surface area contributed by atoms with E-state index in [-0.39, 0.29) is 16.8 Å². The summed E-state index contributed by atoms with van der Waals surface area (Å²) in [5.41, 5.74) is 6.02. The first kappa shape index (κ1) is 19.0. The Morgan fingerprint density at radius 3 is 2.71 bits per heavy atom. The van der Waals surface area contributed by atoms with Gasteiger partial charge in [0.1, 0.15) is 5.82 Å². The number of hydrogen-bond donors (Lipinski definition) is 0. The maximum absolute atomic E-state index is 13.4. The van der Waals surface area contributed by atoms with Gasteiger partial charge in [-0.1, -0.05) is 42.8 Å². The van der Waals surface area contributed by atoms with Crippen LogP contribution in [-0.2, 0) is 11.2 Å². The number of hydrogen-bond acceptors (Lipinski definition) is 2. The average Bonchev–Trinajstić information content (AvgIpc) is 3.40. The van der Waals surface area contributed by atoms with Gasteiger partial charge in [-0.25, -0.2) is 9.07 Å². The summed E-state index contributed by atoms with van der Waals surface area (Å²) in [5.74, 6) is 0.233. The summed E-state index contributed by atoms with van der Waals surface area (Å²) in [7, 11) is 0. The fourth-order valence-corrected chi connectivity index (χ4v) is 6.20. The quantitative estimate of drug-likeness (QED) is 0.508. The number of aromatic nitrogens is 2. The maximum atomic E-state index is 13.4. The molecule has 1 saturated heterocycles. The molecule has 0 amide bonds. The zero-order valence-corrected chi connectivity index (χ0v) is 17.9. The Kier molecular flexibility index (Phi) is 4.23. The van der Waals surface area contributed by atoms with Crippen LogP contribution in [0.5, 0.6) is 0 Å². The van der Waals surface area contributed by atoms with Gasteiger partial charge in [0.2, 0.25) is 0 Å². The fraction of sp³-hybridized carbons (Fsp3) is 0.370. The average molecular weight is 415 g/mol. The van der Waals surface area contributed by atoms with E-state index in [1.807, 2.05) is 10.9 Å². The molecule has 31 heavy (non-hydrogen) atoms. The highest BCUT2D eigenvalue weighted by molar-refractivity contribution is 5.62. The summed E-state index contributed by atoms with van der Waals surface area (Å²) in [5, 5.41) is 4.67. The summed E-state index contributed by atoms with van der Waals surface area (Å²) < 4.78 is 22.1. The zero-order valence-electron chi connectivity index (χ0n) is 17.9. The van der Waals surface area contributed by atoms with Gasteiger partial charge in [0, 0.05) is 11.3 Å². The number of halogens is 1. The third-order valence-electron chi connectivity index (χ3n) is 7.96. The second-order valence-electron chi connectivity index (χ2n) is 9.59. The highest BCUT2D eigenvalue weighted by Gasteiger charge is 2.57. The lowest BCUT2D eigenvalue weighted by molar-refractivity contribution is -0.0952. The first-order chi connectivity index (χ1) is 15.1. The van der Waals surface area contributed by atoms with E-state index in [9.17, 15) is 4.39 Å². The topological polar surface area (TPSA) is 27.1 Å². The van der Waals surface area contributed by atoms with Crippen molar-refractivity contribution in [2.75, 3.05) is 6.61 Å². The third kappa shape index (κ3) is 2.85. The van der Waals surface area contributed by atoms with Crippen molar-refractivity contribution < 1.29 is 9.13 Å². The zero-order chi connectivity index (χ0) is 21.1. The van der Waals surface area contributed by atoms with Crippen molar-refractivity contribution in [3.05, 3.63) is 89.0 Å². The van der Waals surface area contributed by atoms with Crippen LogP contribution in [0.1, 0.15) is 55.3 Å². The molecule has 1 spiro atoms. The minimum Gasteiger partial charge on any atom is -0.373 e. The molecule has 6 rings (SSSR count). The van der Waals surface area contributed by atoms with Crippen LogP contribution >= 0.6 is 0 Å². The van der Waals surface area contributed by atoms with Gasteiger partial charge in [-0.15, -0.1) is 0 Å². The minimum absolute atomic E-state index is 0.0154. The molecule has 2 fully saturated rings. The normalized spacial score (nSPS) is 29.5. The Morgan fingerprint density at radius 2 is 1.90 bits per heavy atom. The monoisotopic (exact) mass is 414 g/mol. The molecule has 0 radical (unpaired) electrons. The summed E-state index contributed by atoms with van der Waals surface area (Å²) in [4.78, 5) is 0. The standard InChI is InChI=1S/C27H27FN2O/c1-26-15-20-17-29-30(24-11-9-23(28)10-12-24)25(20)14-22(26)8-5-13-27(26)16-21(18-31-27)19-6-3-2-4-7-19/h2-4,6-7,9-12,14,17,21H,5,8,13,15-16,18H2,1H3/t21-,26+,27-/m1/s1. The third-order valence-corrected chi connectivity index (χ3v) is 7.96. The molecule has 2 heterocycles. The van der Waals surface area contributed by atoms with Crippen molar-refractivity contribution in [2.24, 2.45) is 5.41 Å². The Balaban J connectivity index is 1.37. The lowest BCUT2D eigenvalue weighted by Gasteiger charge is -2.52. The molecule has 3 aromatic rings. The van der Waals surface area contributed by atoms with Crippen molar-refractivity contribution in [2.45, 2.75) is 50.5 Å². The van der Waals surface area contributed by atoms with Crippen molar-refractivity contribution in [1.82, 2.24) is 9.78 Å². The predicted octanol–water partition coefficient (Wildman–Crippen LogP) is 6.08. The molecular formula is C27H27FN2O. The van der Waals surface area contributed by atoms with E-state index >= 15 is 0 Å². The SMILES string of the molecule is C[C@]12Cc3cnn(-c4ccc(F)cc4)c3C=C1CCC[C@@]21C[C@@H](c2ccccc2)CO1. The fourth-order valence-electron chi connectivity index (χ4n) is 6.20. The first-order valence-corrected chi connectivity index (χ1v) is 11.3. The summed E-state index contributed by atoms with van der Waals surface area (Å²) >= 11 is 0. The van der Waals surface area contributed by atoms with Crippen LogP contribution in [0.25, 0.3) is 11.8 Å². The molecule has 158 valence electrons. The molecule has 3 aliphatic rings. The van der Waals surface area contributed by atoms with Crippen LogP contribution in [0.4, 0.5) is 4.39 Å². The molecule has 0 bridgehead atoms. The lowest BCUT2D eigenvalue weighted by Crippen LogP contribution is -2.52. The van der Waals surface area contributed by atoms with E-state index in [1.165, 1.54) is 28.8 Å². The summed E-state index contributed by atoms with van der Waals surface area (Å²) in [6.45, 7) is 3.21. The van der Waals surface area contributed by atoms with Gasteiger partial charge >= 0.3 is 0 Å². The Labute approximate surface area is 182 Å². The summed E-state index contributed by atoms with van der Waals surface area (Å²) in [6.07, 6.45) is 9.72. The molecule has 0 unspecified atom stereocenters. The van der Waals surface area contributed by atoms with Gasteiger partial charge < -0.3 is 4.74 Å². The molecule has 4 heteroatoms. The maximum Gasteiger partial charge on any atom is 0.123 e. The van der Waals surface area contributed by atoms with Gasteiger partial charge in [0.05, 0.1) is 29.8 Å². The number of rotatable bonds is 2. The van der Waals surface area contributed by atoms with Gasteiger partial charge in [0.25, 0.3) is 0 Å². The van der Waals surface area contributed by atoms with Crippen LogP contribution in [0.2, 0.25) is 0 Å². The van der Waals surface area contributed by atoms with Crippen molar-refractivity contribution >= 4 is 6.08 Å². The van der Waals surface area contributed by atoms with Gasteiger partial charge in [-0.2, -0.15) is 5.10 Å². The number of ether oxygens (including phenoxy) is 1. The van der Waals surface area contributed by atoms with Crippen molar-refractivity contribution in [3.8, 4) is 5.69 Å². The Bertz CT molecular complexity index is 1150. The van der Waals surface area contributed by atoms with E-state index in [4.69, 9.17) is 4.74 Å². The van der Waals surface area contributed by atoms with Crippen molar-refractivity contribution in [3.63, 3.8) is 0 Å². The van der Waals surface area contributed by atoms with Crippen LogP contribution in [-0.4, -0.2) is 22.0 Å². The van der Waals surface area contributed by atoms with Gasteiger partial charge in [0.15, 0.2) is 0 Å². The van der Waals surface area contributed by atoms with Crippen LogP contribution in [0.15, 0.2) is 66.4 Å².